The molecule has 3 aromatic rings. The van der Waals surface area contributed by atoms with Crippen molar-refractivity contribution in [1.82, 2.24) is 9.27 Å². The molecule has 0 fully saturated rings. The van der Waals surface area contributed by atoms with Crippen molar-refractivity contribution in [1.29, 1.82) is 5.26 Å². The fourth-order valence-corrected chi connectivity index (χ4v) is 3.59. The molecule has 0 N–H and O–H groups in total. The van der Waals surface area contributed by atoms with Crippen LogP contribution in [0.5, 0.6) is 10.8 Å². The lowest BCUT2D eigenvalue weighted by Gasteiger charge is -2.11. The summed E-state index contributed by atoms with van der Waals surface area (Å²) in [5.74, 6) is 0.578. The third-order valence-corrected chi connectivity index (χ3v) is 5.54. The molecule has 7 heteroatoms. The highest BCUT2D eigenvalue weighted by molar-refractivity contribution is 7.08. The SMILES string of the molecule is CCN(C)C=Nc1cc(C)c(Oc2snc(-c3ccccc3C)c2C#N)cc1Cl. The topological polar surface area (TPSA) is 61.5 Å². The van der Waals surface area contributed by atoms with E-state index in [9.17, 15) is 5.26 Å². The van der Waals surface area contributed by atoms with Gasteiger partial charge in [0.25, 0.3) is 0 Å². The summed E-state index contributed by atoms with van der Waals surface area (Å²) in [7, 11) is 1.95. The molecule has 0 radical (unpaired) electrons. The zero-order valence-corrected chi connectivity index (χ0v) is 18.3. The van der Waals surface area contributed by atoms with Crippen LogP contribution < -0.4 is 4.74 Å². The average molecular weight is 425 g/mol. The molecule has 2 aromatic carbocycles. The Morgan fingerprint density at radius 2 is 2.03 bits per heavy atom. The van der Waals surface area contributed by atoms with E-state index in [2.05, 4.69) is 15.4 Å². The maximum absolute atomic E-state index is 9.72. The van der Waals surface area contributed by atoms with Crippen molar-refractivity contribution in [3.8, 4) is 28.1 Å². The normalized spacial score (nSPS) is 10.9. The van der Waals surface area contributed by atoms with Gasteiger partial charge in [-0.15, -0.1) is 0 Å². The van der Waals surface area contributed by atoms with Gasteiger partial charge in [-0.05, 0) is 38.0 Å². The molecule has 5 nitrogen and oxygen atoms in total. The molecule has 0 aliphatic rings. The molecule has 0 amide bonds. The zero-order chi connectivity index (χ0) is 21.0. The van der Waals surface area contributed by atoms with E-state index in [1.54, 1.807) is 12.4 Å². The highest BCUT2D eigenvalue weighted by Crippen LogP contribution is 2.40. The third-order valence-electron chi connectivity index (χ3n) is 4.51. The number of hydrogen-bond donors (Lipinski definition) is 0. The number of aromatic nitrogens is 1. The molecule has 0 spiro atoms. The molecular formula is C22H21ClN4OS. The summed E-state index contributed by atoms with van der Waals surface area (Å²) in [5, 5.41) is 10.6. The molecule has 148 valence electrons. The van der Waals surface area contributed by atoms with Crippen LogP contribution in [-0.2, 0) is 0 Å². The second-order valence-corrected chi connectivity index (χ2v) is 7.75. The number of rotatable bonds is 6. The smallest absolute Gasteiger partial charge is 0.218 e. The largest absolute Gasteiger partial charge is 0.443 e. The Labute approximate surface area is 180 Å². The van der Waals surface area contributed by atoms with Gasteiger partial charge in [-0.3, -0.25) is 0 Å². The highest BCUT2D eigenvalue weighted by Gasteiger charge is 2.19. The van der Waals surface area contributed by atoms with Gasteiger partial charge in [-0.2, -0.15) is 9.64 Å². The molecule has 1 heterocycles. The average Bonchev–Trinajstić information content (AvgIpc) is 3.11. The van der Waals surface area contributed by atoms with Gasteiger partial charge in [0.15, 0.2) is 0 Å². The predicted octanol–water partition coefficient (Wildman–Crippen LogP) is 6.36. The fraction of sp³-hybridized carbons (Fsp3) is 0.227. The Morgan fingerprint density at radius 1 is 1.28 bits per heavy atom. The molecule has 3 rings (SSSR count). The van der Waals surface area contributed by atoms with E-state index >= 15 is 0 Å². The second kappa shape index (κ2) is 9.08. The molecule has 0 aliphatic carbocycles. The van der Waals surface area contributed by atoms with Crippen LogP contribution in [0.1, 0.15) is 23.6 Å². The van der Waals surface area contributed by atoms with Crippen molar-refractivity contribution in [3.05, 3.63) is 58.1 Å². The minimum atomic E-state index is 0.423. The van der Waals surface area contributed by atoms with Crippen LogP contribution in [0.4, 0.5) is 5.69 Å². The van der Waals surface area contributed by atoms with Crippen LogP contribution in [0.2, 0.25) is 5.02 Å². The molecule has 0 unspecified atom stereocenters. The van der Waals surface area contributed by atoms with Gasteiger partial charge in [0.1, 0.15) is 23.1 Å². The Hall–Kier alpha value is -2.88. The van der Waals surface area contributed by atoms with Crippen molar-refractivity contribution in [3.63, 3.8) is 0 Å². The summed E-state index contributed by atoms with van der Waals surface area (Å²) in [6, 6.07) is 13.7. The van der Waals surface area contributed by atoms with E-state index in [1.807, 2.05) is 63.1 Å². The number of benzene rings is 2. The number of halogens is 1. The summed E-state index contributed by atoms with van der Waals surface area (Å²) in [4.78, 5) is 6.38. The van der Waals surface area contributed by atoms with Gasteiger partial charge >= 0.3 is 0 Å². The first-order valence-corrected chi connectivity index (χ1v) is 10.3. The first-order valence-electron chi connectivity index (χ1n) is 9.12. The summed E-state index contributed by atoms with van der Waals surface area (Å²) in [5.41, 5.74) is 4.58. The second-order valence-electron chi connectivity index (χ2n) is 6.61. The Balaban J connectivity index is 1.93. The van der Waals surface area contributed by atoms with Gasteiger partial charge in [-0.25, -0.2) is 4.99 Å². The fourth-order valence-electron chi connectivity index (χ4n) is 2.66. The van der Waals surface area contributed by atoms with E-state index in [0.29, 0.717) is 32.8 Å². The van der Waals surface area contributed by atoms with Gasteiger partial charge in [-0.1, -0.05) is 35.9 Å². The highest BCUT2D eigenvalue weighted by atomic mass is 35.5. The minimum Gasteiger partial charge on any atom is -0.443 e. The molecule has 1 aromatic heterocycles. The summed E-state index contributed by atoms with van der Waals surface area (Å²) < 4.78 is 10.5. The Bertz CT molecular complexity index is 1100. The quantitative estimate of drug-likeness (QED) is 0.341. The molecule has 0 saturated heterocycles. The first kappa shape index (κ1) is 20.8. The lowest BCUT2D eigenvalue weighted by molar-refractivity contribution is 0.491. The Morgan fingerprint density at radius 3 is 2.72 bits per heavy atom. The van der Waals surface area contributed by atoms with Crippen LogP contribution in [0.15, 0.2) is 41.4 Å². The van der Waals surface area contributed by atoms with E-state index in [-0.39, 0.29) is 0 Å². The summed E-state index contributed by atoms with van der Waals surface area (Å²) >= 11 is 7.56. The van der Waals surface area contributed by atoms with Gasteiger partial charge in [0, 0.05) is 36.8 Å². The Kier molecular flexibility index (Phi) is 6.53. The number of nitriles is 1. The van der Waals surface area contributed by atoms with E-state index in [1.165, 1.54) is 0 Å². The van der Waals surface area contributed by atoms with Crippen molar-refractivity contribution < 1.29 is 4.74 Å². The first-order chi connectivity index (χ1) is 13.9. The van der Waals surface area contributed by atoms with E-state index in [4.69, 9.17) is 16.3 Å². The molecule has 0 bridgehead atoms. The van der Waals surface area contributed by atoms with Crippen molar-refractivity contribution in [2.75, 3.05) is 13.6 Å². The maximum Gasteiger partial charge on any atom is 0.218 e. The van der Waals surface area contributed by atoms with Gasteiger partial charge in [0.2, 0.25) is 5.06 Å². The standard InChI is InChI=1S/C22H21ClN4OS/c1-5-27(4)13-25-19-10-15(3)20(11-18(19)23)28-22-17(12-24)21(26-29-22)16-9-7-6-8-14(16)2/h6-11,13H,5H2,1-4H3. The third kappa shape index (κ3) is 4.58. The van der Waals surface area contributed by atoms with Crippen LogP contribution >= 0.6 is 23.1 Å². The van der Waals surface area contributed by atoms with Crippen LogP contribution in [0.25, 0.3) is 11.3 Å². The van der Waals surface area contributed by atoms with E-state index in [0.717, 1.165) is 34.8 Å². The van der Waals surface area contributed by atoms with Gasteiger partial charge in [0.05, 0.1) is 17.0 Å². The maximum atomic E-state index is 9.72. The van der Waals surface area contributed by atoms with Crippen LogP contribution in [0, 0.1) is 25.2 Å². The monoisotopic (exact) mass is 424 g/mol. The zero-order valence-electron chi connectivity index (χ0n) is 16.7. The van der Waals surface area contributed by atoms with Crippen molar-refractivity contribution in [2.45, 2.75) is 20.8 Å². The molecule has 0 saturated carbocycles. The predicted molar refractivity (Wildman–Crippen MR) is 120 cm³/mol. The number of ether oxygens (including phenoxy) is 1. The number of nitrogens with zero attached hydrogens (tertiary/aromatic N) is 4. The van der Waals surface area contributed by atoms with Gasteiger partial charge < -0.3 is 9.64 Å². The lowest BCUT2D eigenvalue weighted by atomic mass is 10.0. The molecular weight excluding hydrogens is 404 g/mol. The summed E-state index contributed by atoms with van der Waals surface area (Å²) in [6.45, 7) is 6.81. The lowest BCUT2D eigenvalue weighted by Crippen LogP contribution is -2.14. The minimum absolute atomic E-state index is 0.423. The van der Waals surface area contributed by atoms with Crippen LogP contribution in [-0.4, -0.2) is 29.2 Å². The van der Waals surface area contributed by atoms with Crippen molar-refractivity contribution in [2.24, 2.45) is 4.99 Å². The number of aliphatic imine (C=N–C) groups is 1. The number of hydrogen-bond acceptors (Lipinski definition) is 5. The molecule has 29 heavy (non-hydrogen) atoms. The van der Waals surface area contributed by atoms with E-state index < -0.39 is 0 Å². The molecule has 0 aliphatic heterocycles. The number of aryl methyl sites for hydroxylation is 2. The molecule has 0 atom stereocenters. The van der Waals surface area contributed by atoms with Crippen molar-refractivity contribution >= 4 is 35.2 Å². The summed E-state index contributed by atoms with van der Waals surface area (Å²) in [6.07, 6.45) is 1.74. The van der Waals surface area contributed by atoms with Crippen LogP contribution in [0.3, 0.4) is 0 Å².